The van der Waals surface area contributed by atoms with Gasteiger partial charge in [0.25, 0.3) is 0 Å². The zero-order valence-electron chi connectivity index (χ0n) is 12.8. The van der Waals surface area contributed by atoms with Crippen molar-refractivity contribution in [3.63, 3.8) is 0 Å². The van der Waals surface area contributed by atoms with Crippen LogP contribution in [0.2, 0.25) is 0 Å². The summed E-state index contributed by atoms with van der Waals surface area (Å²) < 4.78 is 0. The van der Waals surface area contributed by atoms with Gasteiger partial charge in [0.1, 0.15) is 0 Å². The van der Waals surface area contributed by atoms with Gasteiger partial charge < -0.3 is 5.32 Å². The lowest BCUT2D eigenvalue weighted by Crippen LogP contribution is -2.20. The normalized spacial score (nSPS) is 12.6. The predicted molar refractivity (Wildman–Crippen MR) is 87.8 cm³/mol. The van der Waals surface area contributed by atoms with Gasteiger partial charge in [-0.1, -0.05) is 68.4 Å². The van der Waals surface area contributed by atoms with E-state index in [1.54, 1.807) is 0 Å². The van der Waals surface area contributed by atoms with Gasteiger partial charge in [-0.3, -0.25) is 0 Å². The second kappa shape index (κ2) is 7.25. The molecule has 0 saturated heterocycles. The van der Waals surface area contributed by atoms with Crippen molar-refractivity contribution in [1.29, 1.82) is 0 Å². The highest BCUT2D eigenvalue weighted by Crippen LogP contribution is 2.21. The first-order chi connectivity index (χ1) is 9.66. The van der Waals surface area contributed by atoms with Crippen LogP contribution in [-0.2, 0) is 0 Å². The number of benzene rings is 2. The van der Waals surface area contributed by atoms with E-state index in [0.29, 0.717) is 6.04 Å². The zero-order chi connectivity index (χ0) is 14.4. The van der Waals surface area contributed by atoms with Crippen molar-refractivity contribution in [3.05, 3.63) is 60.2 Å². The summed E-state index contributed by atoms with van der Waals surface area (Å²) in [4.78, 5) is 0. The van der Waals surface area contributed by atoms with Crippen molar-refractivity contribution < 1.29 is 0 Å². The molecule has 0 amide bonds. The summed E-state index contributed by atoms with van der Waals surface area (Å²) in [6.07, 6.45) is 1.23. The minimum absolute atomic E-state index is 0.415. The highest BCUT2D eigenvalue weighted by Gasteiger charge is 2.05. The van der Waals surface area contributed by atoms with Crippen LogP contribution >= 0.6 is 0 Å². The molecule has 0 fully saturated rings. The Hall–Kier alpha value is -1.60. The molecule has 1 heteroatoms. The zero-order valence-corrected chi connectivity index (χ0v) is 12.8. The van der Waals surface area contributed by atoms with Crippen molar-refractivity contribution in [2.24, 2.45) is 5.92 Å². The summed E-state index contributed by atoms with van der Waals surface area (Å²) in [5.41, 5.74) is 3.91. The second-order valence-electron chi connectivity index (χ2n) is 5.85. The van der Waals surface area contributed by atoms with Gasteiger partial charge in [0.2, 0.25) is 0 Å². The molecule has 0 aliphatic rings. The Balaban J connectivity index is 1.97. The summed E-state index contributed by atoms with van der Waals surface area (Å²) in [5, 5.41) is 3.59. The molecule has 106 valence electrons. The van der Waals surface area contributed by atoms with Crippen LogP contribution in [0.5, 0.6) is 0 Å². The summed E-state index contributed by atoms with van der Waals surface area (Å²) in [6, 6.07) is 19.8. The SMILES string of the molecule is CC(C)CCNC(C)c1ccc(-c2ccccc2)cc1. The fourth-order valence-corrected chi connectivity index (χ4v) is 2.30. The van der Waals surface area contributed by atoms with E-state index in [1.807, 2.05) is 0 Å². The Bertz CT molecular complexity index is 499. The molecule has 0 spiro atoms. The summed E-state index contributed by atoms with van der Waals surface area (Å²) in [5.74, 6) is 0.759. The number of rotatable bonds is 6. The van der Waals surface area contributed by atoms with E-state index < -0.39 is 0 Å². The fraction of sp³-hybridized carbons (Fsp3) is 0.368. The topological polar surface area (TPSA) is 12.0 Å². The molecular weight excluding hydrogens is 242 g/mol. The highest BCUT2D eigenvalue weighted by molar-refractivity contribution is 5.63. The first kappa shape index (κ1) is 14.8. The maximum Gasteiger partial charge on any atom is 0.0291 e. The molecular formula is C19H25N. The third-order valence-corrected chi connectivity index (χ3v) is 3.69. The molecule has 2 aromatic rings. The lowest BCUT2D eigenvalue weighted by atomic mass is 10.0. The van der Waals surface area contributed by atoms with Gasteiger partial charge in [-0.15, -0.1) is 0 Å². The second-order valence-corrected chi connectivity index (χ2v) is 5.85. The van der Waals surface area contributed by atoms with E-state index >= 15 is 0 Å². The van der Waals surface area contributed by atoms with Crippen LogP contribution in [0, 0.1) is 5.92 Å². The van der Waals surface area contributed by atoms with Crippen LogP contribution in [0.3, 0.4) is 0 Å². The third kappa shape index (κ3) is 4.21. The van der Waals surface area contributed by atoms with Crippen molar-refractivity contribution >= 4 is 0 Å². The van der Waals surface area contributed by atoms with Crippen LogP contribution in [-0.4, -0.2) is 6.54 Å². The van der Waals surface area contributed by atoms with E-state index in [2.05, 4.69) is 80.7 Å². The molecule has 1 unspecified atom stereocenters. The van der Waals surface area contributed by atoms with Gasteiger partial charge in [-0.05, 0) is 42.5 Å². The van der Waals surface area contributed by atoms with E-state index in [4.69, 9.17) is 0 Å². The molecule has 0 bridgehead atoms. The number of hydrogen-bond donors (Lipinski definition) is 1. The average Bonchev–Trinajstić information content (AvgIpc) is 2.48. The maximum atomic E-state index is 3.59. The van der Waals surface area contributed by atoms with E-state index in [1.165, 1.54) is 23.1 Å². The van der Waals surface area contributed by atoms with Gasteiger partial charge in [-0.25, -0.2) is 0 Å². The van der Waals surface area contributed by atoms with Gasteiger partial charge in [0.15, 0.2) is 0 Å². The van der Waals surface area contributed by atoms with Gasteiger partial charge in [-0.2, -0.15) is 0 Å². The van der Waals surface area contributed by atoms with E-state index in [-0.39, 0.29) is 0 Å². The van der Waals surface area contributed by atoms with Crippen molar-refractivity contribution in [2.75, 3.05) is 6.54 Å². The standard InChI is InChI=1S/C19H25N/c1-15(2)13-14-20-16(3)17-9-11-19(12-10-17)18-7-5-4-6-8-18/h4-12,15-16,20H,13-14H2,1-3H3. The third-order valence-electron chi connectivity index (χ3n) is 3.69. The molecule has 1 N–H and O–H groups in total. The molecule has 0 aliphatic carbocycles. The molecule has 0 heterocycles. The first-order valence-electron chi connectivity index (χ1n) is 7.55. The highest BCUT2D eigenvalue weighted by atomic mass is 14.9. The maximum absolute atomic E-state index is 3.59. The molecule has 0 radical (unpaired) electrons. The molecule has 20 heavy (non-hydrogen) atoms. The minimum Gasteiger partial charge on any atom is -0.310 e. The first-order valence-corrected chi connectivity index (χ1v) is 7.55. The monoisotopic (exact) mass is 267 g/mol. The smallest absolute Gasteiger partial charge is 0.0291 e. The Morgan fingerprint density at radius 1 is 0.800 bits per heavy atom. The molecule has 0 aromatic heterocycles. The summed E-state index contributed by atoms with van der Waals surface area (Å²) in [7, 11) is 0. The number of hydrogen-bond acceptors (Lipinski definition) is 1. The number of nitrogens with one attached hydrogen (secondary N) is 1. The van der Waals surface area contributed by atoms with Crippen LogP contribution < -0.4 is 5.32 Å². The van der Waals surface area contributed by atoms with Crippen LogP contribution in [0.15, 0.2) is 54.6 Å². The van der Waals surface area contributed by atoms with Crippen molar-refractivity contribution in [2.45, 2.75) is 33.2 Å². The van der Waals surface area contributed by atoms with Crippen LogP contribution in [0.1, 0.15) is 38.8 Å². The van der Waals surface area contributed by atoms with Crippen LogP contribution in [0.25, 0.3) is 11.1 Å². The van der Waals surface area contributed by atoms with E-state index in [0.717, 1.165) is 12.5 Å². The molecule has 2 rings (SSSR count). The quantitative estimate of drug-likeness (QED) is 0.772. The Labute approximate surface area is 123 Å². The summed E-state index contributed by atoms with van der Waals surface area (Å²) in [6.45, 7) is 7.85. The fourth-order valence-electron chi connectivity index (χ4n) is 2.30. The Morgan fingerprint density at radius 2 is 1.40 bits per heavy atom. The lowest BCUT2D eigenvalue weighted by Gasteiger charge is -2.15. The average molecular weight is 267 g/mol. The lowest BCUT2D eigenvalue weighted by molar-refractivity contribution is 0.497. The molecule has 1 atom stereocenters. The van der Waals surface area contributed by atoms with Crippen molar-refractivity contribution in [3.8, 4) is 11.1 Å². The van der Waals surface area contributed by atoms with Gasteiger partial charge in [0, 0.05) is 6.04 Å². The largest absolute Gasteiger partial charge is 0.310 e. The van der Waals surface area contributed by atoms with Gasteiger partial charge in [0.05, 0.1) is 0 Å². The Kier molecular flexibility index (Phi) is 5.37. The molecule has 2 aromatic carbocycles. The molecule has 1 nitrogen and oxygen atoms in total. The summed E-state index contributed by atoms with van der Waals surface area (Å²) >= 11 is 0. The minimum atomic E-state index is 0.415. The molecule has 0 aliphatic heterocycles. The Morgan fingerprint density at radius 3 is 2.00 bits per heavy atom. The predicted octanol–water partition coefficient (Wildman–Crippen LogP) is 5.05. The van der Waals surface area contributed by atoms with Crippen molar-refractivity contribution in [1.82, 2.24) is 5.32 Å². The van der Waals surface area contributed by atoms with Crippen LogP contribution in [0.4, 0.5) is 0 Å². The molecule has 0 saturated carbocycles. The van der Waals surface area contributed by atoms with Gasteiger partial charge >= 0.3 is 0 Å². The van der Waals surface area contributed by atoms with E-state index in [9.17, 15) is 0 Å².